The zero-order valence-electron chi connectivity index (χ0n) is 22.4. The summed E-state index contributed by atoms with van der Waals surface area (Å²) in [5.41, 5.74) is 4.15. The van der Waals surface area contributed by atoms with Crippen LogP contribution in [0.1, 0.15) is 63.4 Å². The number of halogens is 4. The fourth-order valence-corrected chi connectivity index (χ4v) is 7.63. The number of carbonyl (C=O) groups excluding carboxylic acids is 2. The Kier molecular flexibility index (Phi) is 7.23. The van der Waals surface area contributed by atoms with E-state index in [9.17, 15) is 26.8 Å². The zero-order valence-corrected chi connectivity index (χ0v) is 24.7. The number of Topliss-reactive ketones (excluding diaryl/α,β-unsaturated/α-hetero) is 2. The third-order valence-electron chi connectivity index (χ3n) is 7.78. The van der Waals surface area contributed by atoms with Crippen LogP contribution in [0.4, 0.5) is 8.78 Å². The number of benzene rings is 3. The van der Waals surface area contributed by atoms with Gasteiger partial charge in [-0.3, -0.25) is 9.59 Å². The van der Waals surface area contributed by atoms with Crippen molar-refractivity contribution in [3.63, 3.8) is 0 Å². The predicted molar refractivity (Wildman–Crippen MR) is 158 cm³/mol. The number of H-pyrrole nitrogens is 1. The van der Waals surface area contributed by atoms with E-state index in [1.54, 1.807) is 12.1 Å². The maximum atomic E-state index is 14.0. The first-order chi connectivity index (χ1) is 20.0. The SMILES string of the molecule is Cc1ccc(S(=O)(=O)n2c3c(c4cc(F)c(Cl)cc42)CCCC3=O)cc1.O=C1CCCc2c1[nH]c1cc(Cl)c(F)cc21. The Bertz CT molecular complexity index is 2050. The molecule has 0 radical (unpaired) electrons. The van der Waals surface area contributed by atoms with Crippen molar-refractivity contribution in [2.75, 3.05) is 0 Å². The number of ketones is 2. The van der Waals surface area contributed by atoms with Crippen molar-refractivity contribution in [2.24, 2.45) is 0 Å². The molecule has 3 aromatic carbocycles. The van der Waals surface area contributed by atoms with Gasteiger partial charge >= 0.3 is 0 Å². The lowest BCUT2D eigenvalue weighted by Crippen LogP contribution is -2.21. The van der Waals surface area contributed by atoms with Gasteiger partial charge < -0.3 is 4.98 Å². The highest BCUT2D eigenvalue weighted by Crippen LogP contribution is 2.37. The fourth-order valence-electron chi connectivity index (χ4n) is 5.75. The normalized spacial score (nSPS) is 15.0. The van der Waals surface area contributed by atoms with Gasteiger partial charge in [0.2, 0.25) is 0 Å². The maximum Gasteiger partial charge on any atom is 0.268 e. The smallest absolute Gasteiger partial charge is 0.268 e. The highest BCUT2D eigenvalue weighted by molar-refractivity contribution is 7.90. The van der Waals surface area contributed by atoms with E-state index in [4.69, 9.17) is 23.2 Å². The number of nitrogens with one attached hydrogen (secondary N) is 1. The first kappa shape index (κ1) is 28.6. The van der Waals surface area contributed by atoms with Crippen molar-refractivity contribution in [3.05, 3.63) is 98.3 Å². The van der Waals surface area contributed by atoms with E-state index in [1.807, 2.05) is 6.92 Å². The first-order valence-corrected chi connectivity index (χ1v) is 15.6. The molecule has 11 heteroatoms. The molecule has 0 saturated heterocycles. The van der Waals surface area contributed by atoms with Crippen LogP contribution in [-0.4, -0.2) is 28.9 Å². The van der Waals surface area contributed by atoms with Crippen LogP contribution >= 0.6 is 23.2 Å². The van der Waals surface area contributed by atoms with Crippen molar-refractivity contribution in [2.45, 2.75) is 50.3 Å². The molecule has 2 aliphatic rings. The second-order valence-corrected chi connectivity index (χ2v) is 13.1. The van der Waals surface area contributed by atoms with Gasteiger partial charge in [0.25, 0.3) is 10.0 Å². The molecule has 0 amide bonds. The van der Waals surface area contributed by atoms with Crippen LogP contribution < -0.4 is 0 Å². The summed E-state index contributed by atoms with van der Waals surface area (Å²) in [5, 5.41) is 1.11. The summed E-state index contributed by atoms with van der Waals surface area (Å²) in [6.45, 7) is 1.86. The Labute approximate surface area is 250 Å². The summed E-state index contributed by atoms with van der Waals surface area (Å²) in [7, 11) is -4.03. The minimum atomic E-state index is -4.03. The van der Waals surface area contributed by atoms with Crippen LogP contribution in [0.2, 0.25) is 10.0 Å². The summed E-state index contributed by atoms with van der Waals surface area (Å²) in [5.74, 6) is -1.22. The Morgan fingerprint density at radius 2 is 1.38 bits per heavy atom. The molecule has 0 atom stereocenters. The summed E-state index contributed by atoms with van der Waals surface area (Å²) in [4.78, 5) is 27.3. The van der Waals surface area contributed by atoms with Crippen molar-refractivity contribution in [1.82, 2.24) is 8.96 Å². The molecule has 1 N–H and O–H groups in total. The molecule has 0 fully saturated rings. The molecule has 0 aliphatic heterocycles. The van der Waals surface area contributed by atoms with Crippen molar-refractivity contribution < 1.29 is 26.8 Å². The molecule has 6 nitrogen and oxygen atoms in total. The minimum absolute atomic E-state index is 0.0709. The monoisotopic (exact) mass is 628 g/mol. The Balaban J connectivity index is 0.000000168. The van der Waals surface area contributed by atoms with Crippen LogP contribution in [-0.2, 0) is 22.9 Å². The van der Waals surface area contributed by atoms with Gasteiger partial charge in [-0.15, -0.1) is 0 Å². The molecule has 7 rings (SSSR count). The Morgan fingerprint density at radius 1 is 0.786 bits per heavy atom. The Hall–Kier alpha value is -3.53. The lowest BCUT2D eigenvalue weighted by atomic mass is 9.95. The fraction of sp³-hybridized carbons (Fsp3) is 0.226. The average molecular weight is 630 g/mol. The van der Waals surface area contributed by atoms with Crippen LogP contribution in [0.3, 0.4) is 0 Å². The maximum absolute atomic E-state index is 14.0. The van der Waals surface area contributed by atoms with E-state index in [0.29, 0.717) is 35.9 Å². The summed E-state index contributed by atoms with van der Waals surface area (Å²) in [6, 6.07) is 11.8. The third-order valence-corrected chi connectivity index (χ3v) is 10.1. The molecule has 0 unspecified atom stereocenters. The van der Waals surface area contributed by atoms with Crippen LogP contribution in [0, 0.1) is 18.6 Å². The van der Waals surface area contributed by atoms with E-state index in [1.165, 1.54) is 36.4 Å². The van der Waals surface area contributed by atoms with E-state index >= 15 is 0 Å². The van der Waals surface area contributed by atoms with Gasteiger partial charge in [-0.25, -0.2) is 21.2 Å². The molecule has 2 aromatic heterocycles. The molecular formula is C31H24Cl2F2N2O4S. The van der Waals surface area contributed by atoms with E-state index in [2.05, 4.69) is 4.98 Å². The average Bonchev–Trinajstić information content (AvgIpc) is 3.47. The molecule has 2 aliphatic carbocycles. The van der Waals surface area contributed by atoms with Gasteiger partial charge in [-0.2, -0.15) is 0 Å². The third kappa shape index (κ3) is 4.73. The molecule has 5 aromatic rings. The number of hydrogen-bond acceptors (Lipinski definition) is 4. The number of rotatable bonds is 2. The summed E-state index contributed by atoms with van der Waals surface area (Å²) < 4.78 is 55.0. The Morgan fingerprint density at radius 3 is 2.07 bits per heavy atom. The molecule has 0 spiro atoms. The highest BCUT2D eigenvalue weighted by atomic mass is 35.5. The van der Waals surface area contributed by atoms with Gasteiger partial charge in [0, 0.05) is 29.1 Å². The molecular weight excluding hydrogens is 605 g/mol. The number of hydrogen-bond donors (Lipinski definition) is 1. The van der Waals surface area contributed by atoms with Crippen molar-refractivity contribution in [3.8, 4) is 0 Å². The summed E-state index contributed by atoms with van der Waals surface area (Å²) in [6.07, 6.45) is 3.62. The van der Waals surface area contributed by atoms with Gasteiger partial charge in [-0.05, 0) is 80.1 Å². The number of aromatic amines is 1. The van der Waals surface area contributed by atoms with E-state index in [-0.39, 0.29) is 44.1 Å². The second-order valence-electron chi connectivity index (χ2n) is 10.5. The predicted octanol–water partition coefficient (Wildman–Crippen LogP) is 7.98. The molecule has 0 saturated carbocycles. The van der Waals surface area contributed by atoms with E-state index < -0.39 is 21.7 Å². The standard InChI is InChI=1S/C19H15ClFNO3S.C12H9ClFNO/c1-11-5-7-12(8-6-11)26(24,25)22-17-10-15(20)16(21)9-14(17)13-3-2-4-18(23)19(13)22;13-8-5-10-7(4-9(8)14)6-2-1-3-11(16)12(6)15-10/h5-10H,2-4H2,1H3;4-5,15H,1-3H2. The van der Waals surface area contributed by atoms with Crippen LogP contribution in [0.5, 0.6) is 0 Å². The quantitative estimate of drug-likeness (QED) is 0.215. The van der Waals surface area contributed by atoms with Crippen molar-refractivity contribution in [1.29, 1.82) is 0 Å². The molecule has 42 heavy (non-hydrogen) atoms. The molecule has 216 valence electrons. The zero-order chi connectivity index (χ0) is 29.9. The molecule has 0 bridgehead atoms. The van der Waals surface area contributed by atoms with Gasteiger partial charge in [0.15, 0.2) is 11.6 Å². The second kappa shape index (κ2) is 10.6. The van der Waals surface area contributed by atoms with Gasteiger partial charge in [0.05, 0.1) is 26.2 Å². The lowest BCUT2D eigenvalue weighted by Gasteiger charge is -2.15. The number of carbonyl (C=O) groups is 2. The lowest BCUT2D eigenvalue weighted by molar-refractivity contribution is 0.0960. The minimum Gasteiger partial charge on any atom is -0.352 e. The van der Waals surface area contributed by atoms with Gasteiger partial charge in [-0.1, -0.05) is 40.9 Å². The van der Waals surface area contributed by atoms with Crippen LogP contribution in [0.25, 0.3) is 21.8 Å². The summed E-state index contributed by atoms with van der Waals surface area (Å²) >= 11 is 11.6. The van der Waals surface area contributed by atoms with Crippen molar-refractivity contribution >= 4 is 66.6 Å². The number of nitrogens with zero attached hydrogens (tertiary/aromatic N) is 1. The largest absolute Gasteiger partial charge is 0.352 e. The number of aromatic nitrogens is 2. The first-order valence-electron chi connectivity index (χ1n) is 13.4. The topological polar surface area (TPSA) is 89.0 Å². The van der Waals surface area contributed by atoms with Gasteiger partial charge in [0.1, 0.15) is 17.3 Å². The number of aryl methyl sites for hydroxylation is 3. The molecule has 2 heterocycles. The van der Waals surface area contributed by atoms with E-state index in [0.717, 1.165) is 38.8 Å². The number of fused-ring (bicyclic) bond motifs is 6. The van der Waals surface area contributed by atoms with Crippen LogP contribution in [0.15, 0.2) is 53.4 Å². The highest BCUT2D eigenvalue weighted by Gasteiger charge is 2.33.